The lowest BCUT2D eigenvalue weighted by Gasteiger charge is -1.97. The zero-order valence-corrected chi connectivity index (χ0v) is 8.21. The first-order valence-electron chi connectivity index (χ1n) is 3.52. The van der Waals surface area contributed by atoms with Crippen molar-refractivity contribution in [2.45, 2.75) is 0 Å². The zero-order chi connectivity index (χ0) is 9.84. The van der Waals surface area contributed by atoms with E-state index in [0.29, 0.717) is 10.0 Å². The molecule has 2 N–H and O–H groups in total. The van der Waals surface area contributed by atoms with Gasteiger partial charge in [0.25, 0.3) is 0 Å². The molecule has 0 spiro atoms. The van der Waals surface area contributed by atoms with Crippen molar-refractivity contribution in [2.75, 3.05) is 0 Å². The first-order valence-corrected chi connectivity index (χ1v) is 4.31. The first kappa shape index (κ1) is 9.92. The van der Waals surface area contributed by atoms with Gasteiger partial charge in [0.1, 0.15) is 5.82 Å². The highest BCUT2D eigenvalue weighted by Gasteiger charge is 1.97. The maximum Gasteiger partial charge on any atom is 0.241 e. The fourth-order valence-corrected chi connectivity index (χ4v) is 1.19. The number of carbonyl (C=O) groups excluding carboxylic acids is 1. The van der Waals surface area contributed by atoms with Gasteiger partial charge in [0.15, 0.2) is 0 Å². The molecule has 0 bridgehead atoms. The second-order valence-electron chi connectivity index (χ2n) is 2.40. The van der Waals surface area contributed by atoms with Gasteiger partial charge in [0.2, 0.25) is 5.91 Å². The van der Waals surface area contributed by atoms with E-state index in [1.165, 1.54) is 24.3 Å². The minimum Gasteiger partial charge on any atom is -0.366 e. The van der Waals surface area contributed by atoms with E-state index in [1.807, 2.05) is 0 Å². The van der Waals surface area contributed by atoms with Crippen LogP contribution in [0.15, 0.2) is 28.7 Å². The molecule has 1 aromatic carbocycles. The number of halogens is 2. The molecule has 68 valence electrons. The van der Waals surface area contributed by atoms with Crippen LogP contribution in [0.3, 0.4) is 0 Å². The second kappa shape index (κ2) is 4.18. The molecule has 1 aromatic rings. The van der Waals surface area contributed by atoms with Gasteiger partial charge in [-0.25, -0.2) is 4.39 Å². The largest absolute Gasteiger partial charge is 0.366 e. The Labute approximate surface area is 83.4 Å². The quantitative estimate of drug-likeness (QED) is 0.795. The van der Waals surface area contributed by atoms with Crippen molar-refractivity contribution < 1.29 is 9.18 Å². The highest BCUT2D eigenvalue weighted by Crippen LogP contribution is 2.18. The molecular formula is C9H7BrFNO. The van der Waals surface area contributed by atoms with Crippen molar-refractivity contribution in [3.05, 3.63) is 40.1 Å². The van der Waals surface area contributed by atoms with Crippen molar-refractivity contribution >= 4 is 27.9 Å². The third kappa shape index (κ3) is 2.99. The predicted octanol–water partition coefficient (Wildman–Crippen LogP) is 2.09. The number of hydrogen-bond donors (Lipinski definition) is 1. The normalized spacial score (nSPS) is 10.6. The molecule has 0 atom stereocenters. The summed E-state index contributed by atoms with van der Waals surface area (Å²) in [5.41, 5.74) is 5.48. The number of hydrogen-bond acceptors (Lipinski definition) is 1. The monoisotopic (exact) mass is 243 g/mol. The molecule has 0 aromatic heterocycles. The Hall–Kier alpha value is -1.16. The molecule has 0 saturated carbocycles. The number of primary amides is 1. The summed E-state index contributed by atoms with van der Waals surface area (Å²) in [6.45, 7) is 0. The fourth-order valence-electron chi connectivity index (χ4n) is 0.814. The molecule has 0 saturated heterocycles. The Kier molecular flexibility index (Phi) is 3.19. The third-order valence-corrected chi connectivity index (χ3v) is 2.11. The Morgan fingerprint density at radius 2 is 2.23 bits per heavy atom. The Morgan fingerprint density at radius 1 is 1.54 bits per heavy atom. The van der Waals surface area contributed by atoms with E-state index < -0.39 is 5.91 Å². The summed E-state index contributed by atoms with van der Waals surface area (Å²) >= 11 is 3.21. The van der Waals surface area contributed by atoms with Gasteiger partial charge in [-0.3, -0.25) is 4.79 Å². The van der Waals surface area contributed by atoms with E-state index in [1.54, 1.807) is 6.07 Å². The van der Waals surface area contributed by atoms with Gasteiger partial charge in [0.05, 0.1) is 0 Å². The van der Waals surface area contributed by atoms with Crippen molar-refractivity contribution in [1.82, 2.24) is 0 Å². The minimum atomic E-state index is -0.559. The van der Waals surface area contributed by atoms with Gasteiger partial charge in [0, 0.05) is 10.5 Å². The molecule has 2 nitrogen and oxygen atoms in total. The van der Waals surface area contributed by atoms with Crippen LogP contribution in [0.5, 0.6) is 0 Å². The van der Waals surface area contributed by atoms with Gasteiger partial charge < -0.3 is 5.73 Å². The zero-order valence-electron chi connectivity index (χ0n) is 6.63. The summed E-state index contributed by atoms with van der Waals surface area (Å²) in [6.07, 6.45) is 2.63. The van der Waals surface area contributed by atoms with Crippen molar-refractivity contribution in [2.24, 2.45) is 5.73 Å². The van der Waals surface area contributed by atoms with Crippen LogP contribution in [0.4, 0.5) is 4.39 Å². The molecular weight excluding hydrogens is 237 g/mol. The smallest absolute Gasteiger partial charge is 0.241 e. The van der Waals surface area contributed by atoms with Crippen LogP contribution in [0.25, 0.3) is 6.08 Å². The van der Waals surface area contributed by atoms with Crippen molar-refractivity contribution in [3.63, 3.8) is 0 Å². The lowest BCUT2D eigenvalue weighted by molar-refractivity contribution is -0.113. The molecule has 0 heterocycles. The SMILES string of the molecule is NC(=O)/C=C\c1cc(F)ccc1Br. The molecule has 0 aliphatic heterocycles. The van der Waals surface area contributed by atoms with Gasteiger partial charge in [-0.05, 0) is 29.8 Å². The Bertz CT molecular complexity index is 363. The summed E-state index contributed by atoms with van der Waals surface area (Å²) in [6, 6.07) is 4.20. The van der Waals surface area contributed by atoms with E-state index in [4.69, 9.17) is 5.73 Å². The number of benzene rings is 1. The molecule has 0 radical (unpaired) electrons. The summed E-state index contributed by atoms with van der Waals surface area (Å²) in [7, 11) is 0. The second-order valence-corrected chi connectivity index (χ2v) is 3.26. The fraction of sp³-hybridized carbons (Fsp3) is 0. The molecule has 0 fully saturated rings. The highest BCUT2D eigenvalue weighted by molar-refractivity contribution is 9.10. The van der Waals surface area contributed by atoms with Crippen LogP contribution in [0, 0.1) is 5.82 Å². The molecule has 0 aliphatic carbocycles. The van der Waals surface area contributed by atoms with E-state index in [2.05, 4.69) is 15.9 Å². The standard InChI is InChI=1S/C9H7BrFNO/c10-8-3-2-7(11)5-6(8)1-4-9(12)13/h1-5H,(H2,12,13)/b4-1-. The minimum absolute atomic E-state index is 0.354. The lowest BCUT2D eigenvalue weighted by Crippen LogP contribution is -2.05. The van der Waals surface area contributed by atoms with Crippen LogP contribution in [0.2, 0.25) is 0 Å². The lowest BCUT2D eigenvalue weighted by atomic mass is 10.2. The summed E-state index contributed by atoms with van der Waals surface area (Å²) in [5.74, 6) is -0.913. The summed E-state index contributed by atoms with van der Waals surface area (Å²) < 4.78 is 13.4. The average molecular weight is 244 g/mol. The predicted molar refractivity (Wildman–Crippen MR) is 52.3 cm³/mol. The van der Waals surface area contributed by atoms with Crippen LogP contribution in [-0.4, -0.2) is 5.91 Å². The number of rotatable bonds is 2. The number of nitrogens with two attached hydrogens (primary N) is 1. The average Bonchev–Trinajstić information content (AvgIpc) is 2.06. The van der Waals surface area contributed by atoms with E-state index in [-0.39, 0.29) is 5.82 Å². The van der Waals surface area contributed by atoms with Crippen LogP contribution < -0.4 is 5.73 Å². The molecule has 13 heavy (non-hydrogen) atoms. The number of carbonyl (C=O) groups is 1. The van der Waals surface area contributed by atoms with E-state index >= 15 is 0 Å². The molecule has 4 heteroatoms. The highest BCUT2D eigenvalue weighted by atomic mass is 79.9. The van der Waals surface area contributed by atoms with Crippen LogP contribution in [-0.2, 0) is 4.79 Å². The molecule has 0 unspecified atom stereocenters. The topological polar surface area (TPSA) is 43.1 Å². The van der Waals surface area contributed by atoms with E-state index in [0.717, 1.165) is 0 Å². The summed E-state index contributed by atoms with van der Waals surface area (Å²) in [4.78, 5) is 10.4. The molecule has 1 rings (SSSR count). The van der Waals surface area contributed by atoms with Gasteiger partial charge in [-0.2, -0.15) is 0 Å². The summed E-state index contributed by atoms with van der Waals surface area (Å²) in [5, 5.41) is 0. The first-order chi connectivity index (χ1) is 6.09. The van der Waals surface area contributed by atoms with Gasteiger partial charge in [-0.15, -0.1) is 0 Å². The Morgan fingerprint density at radius 3 is 2.85 bits per heavy atom. The third-order valence-electron chi connectivity index (χ3n) is 1.39. The van der Waals surface area contributed by atoms with Crippen LogP contribution in [0.1, 0.15) is 5.56 Å². The van der Waals surface area contributed by atoms with Gasteiger partial charge >= 0.3 is 0 Å². The number of amides is 1. The van der Waals surface area contributed by atoms with Gasteiger partial charge in [-0.1, -0.05) is 15.9 Å². The Balaban J connectivity index is 3.00. The van der Waals surface area contributed by atoms with Crippen molar-refractivity contribution in [1.29, 1.82) is 0 Å². The van der Waals surface area contributed by atoms with E-state index in [9.17, 15) is 9.18 Å². The maximum absolute atomic E-state index is 12.7. The molecule has 1 amide bonds. The van der Waals surface area contributed by atoms with Crippen LogP contribution >= 0.6 is 15.9 Å². The van der Waals surface area contributed by atoms with Crippen molar-refractivity contribution in [3.8, 4) is 0 Å². The molecule has 0 aliphatic rings. The maximum atomic E-state index is 12.7.